The summed E-state index contributed by atoms with van der Waals surface area (Å²) in [6.07, 6.45) is 0. The number of hydrogen-bond donors (Lipinski definition) is 0. The molecule has 8 aromatic rings. The van der Waals surface area contributed by atoms with E-state index in [1.807, 2.05) is 72.8 Å². The molecule has 0 aliphatic rings. The second-order valence-electron chi connectivity index (χ2n) is 9.96. The molecule has 2 aromatic heterocycles. The van der Waals surface area contributed by atoms with Gasteiger partial charge in [-0.05, 0) is 45.8 Å². The normalized spacial score (nSPS) is 11.3. The lowest BCUT2D eigenvalue weighted by molar-refractivity contribution is 1.32. The number of rotatable bonds is 0. The van der Waals surface area contributed by atoms with Gasteiger partial charge in [-0.1, -0.05) is 60.7 Å². The van der Waals surface area contributed by atoms with Gasteiger partial charge in [-0.15, -0.1) is 0 Å². The highest BCUT2D eigenvalue weighted by Gasteiger charge is 2.24. The first-order valence-electron chi connectivity index (χ1n) is 12.9. The topological polar surface area (TPSA) is 112 Å². The molecule has 6 nitrogen and oxygen atoms in total. The highest BCUT2D eigenvalue weighted by atomic mass is 15.0. The number of nitrogens with zero attached hydrogens (tertiary/aromatic N) is 6. The fraction of sp³-hybridized carbons (Fsp3) is 0. The minimum absolute atomic E-state index is 0.0767. The van der Waals surface area contributed by atoms with Gasteiger partial charge in [-0.2, -0.15) is 21.0 Å². The molecular weight excluding hydrogens is 504 g/mol. The van der Waals surface area contributed by atoms with Crippen molar-refractivity contribution in [1.82, 2.24) is 9.38 Å². The molecule has 2 heterocycles. The zero-order chi connectivity index (χ0) is 27.8. The first-order chi connectivity index (χ1) is 20.2. The molecule has 0 aliphatic heterocycles. The van der Waals surface area contributed by atoms with Gasteiger partial charge < -0.3 is 0 Å². The quantitative estimate of drug-likeness (QED) is 0.150. The predicted molar refractivity (Wildman–Crippen MR) is 159 cm³/mol. The van der Waals surface area contributed by atoms with Gasteiger partial charge in [-0.25, -0.2) is 4.98 Å². The van der Waals surface area contributed by atoms with E-state index in [-0.39, 0.29) is 22.3 Å². The summed E-state index contributed by atoms with van der Waals surface area (Å²) in [6, 6.07) is 36.5. The van der Waals surface area contributed by atoms with Crippen molar-refractivity contribution in [2.75, 3.05) is 0 Å². The highest BCUT2D eigenvalue weighted by molar-refractivity contribution is 6.35. The number of para-hydroxylation sites is 2. The van der Waals surface area contributed by atoms with Gasteiger partial charge in [-0.3, -0.25) is 4.40 Å². The molecule has 0 saturated heterocycles. The molecular formula is C35H14N6. The number of nitriles is 4. The molecule has 0 bridgehead atoms. The summed E-state index contributed by atoms with van der Waals surface area (Å²) in [7, 11) is 0. The van der Waals surface area contributed by atoms with Crippen molar-refractivity contribution in [2.45, 2.75) is 0 Å². The number of aromatic nitrogens is 2. The molecule has 0 unspecified atom stereocenters. The lowest BCUT2D eigenvalue weighted by atomic mass is 9.88. The molecule has 0 amide bonds. The van der Waals surface area contributed by atoms with Crippen LogP contribution in [0.2, 0.25) is 0 Å². The van der Waals surface area contributed by atoms with Gasteiger partial charge in [0.1, 0.15) is 29.9 Å². The van der Waals surface area contributed by atoms with Crippen LogP contribution in [0.5, 0.6) is 0 Å². The van der Waals surface area contributed by atoms with Crippen molar-refractivity contribution >= 4 is 70.7 Å². The van der Waals surface area contributed by atoms with Gasteiger partial charge in [0, 0.05) is 26.9 Å². The van der Waals surface area contributed by atoms with Crippen molar-refractivity contribution in [1.29, 1.82) is 21.0 Å². The Morgan fingerprint density at radius 2 is 0.976 bits per heavy atom. The number of benzene rings is 6. The maximum atomic E-state index is 10.2. The monoisotopic (exact) mass is 518 g/mol. The van der Waals surface area contributed by atoms with E-state index in [0.29, 0.717) is 10.8 Å². The summed E-state index contributed by atoms with van der Waals surface area (Å²) in [5.41, 5.74) is 3.32. The van der Waals surface area contributed by atoms with Crippen molar-refractivity contribution in [3.05, 3.63) is 107 Å². The summed E-state index contributed by atoms with van der Waals surface area (Å²) >= 11 is 0. The third-order valence-corrected chi connectivity index (χ3v) is 8.10. The molecule has 0 fully saturated rings. The molecule has 0 spiro atoms. The third-order valence-electron chi connectivity index (χ3n) is 8.10. The second-order valence-corrected chi connectivity index (χ2v) is 9.96. The van der Waals surface area contributed by atoms with E-state index in [4.69, 9.17) is 4.98 Å². The van der Waals surface area contributed by atoms with Crippen LogP contribution in [0.1, 0.15) is 22.3 Å². The predicted octanol–water partition coefficient (Wildman–Crippen LogP) is 7.74. The van der Waals surface area contributed by atoms with E-state index in [1.54, 1.807) is 0 Å². The van der Waals surface area contributed by atoms with Crippen molar-refractivity contribution in [3.63, 3.8) is 0 Å². The van der Waals surface area contributed by atoms with Crippen molar-refractivity contribution < 1.29 is 0 Å². The van der Waals surface area contributed by atoms with Crippen LogP contribution in [0.15, 0.2) is 84.9 Å². The summed E-state index contributed by atoms with van der Waals surface area (Å²) in [4.78, 5) is 5.12. The molecule has 0 radical (unpaired) electrons. The Bertz CT molecular complexity index is 2690. The summed E-state index contributed by atoms with van der Waals surface area (Å²) in [6.45, 7) is 0. The van der Waals surface area contributed by atoms with Crippen LogP contribution in [-0.2, 0) is 0 Å². The lowest BCUT2D eigenvalue weighted by Crippen LogP contribution is -2.00. The fourth-order valence-corrected chi connectivity index (χ4v) is 6.45. The Kier molecular flexibility index (Phi) is 4.40. The molecule has 0 atom stereocenters. The van der Waals surface area contributed by atoms with Crippen LogP contribution in [0.25, 0.3) is 70.7 Å². The van der Waals surface area contributed by atoms with Gasteiger partial charge in [0.25, 0.3) is 0 Å². The maximum absolute atomic E-state index is 10.2. The van der Waals surface area contributed by atoms with E-state index in [0.717, 1.165) is 59.9 Å². The van der Waals surface area contributed by atoms with E-state index in [1.165, 1.54) is 0 Å². The van der Waals surface area contributed by atoms with Crippen LogP contribution in [0, 0.1) is 45.3 Å². The van der Waals surface area contributed by atoms with Crippen LogP contribution in [0.3, 0.4) is 0 Å². The Labute approximate surface area is 232 Å². The first kappa shape index (κ1) is 22.5. The van der Waals surface area contributed by atoms with Gasteiger partial charge in [0.05, 0.1) is 38.8 Å². The smallest absolute Gasteiger partial charge is 0.147 e. The largest absolute Gasteiger partial charge is 0.292 e. The van der Waals surface area contributed by atoms with E-state index in [2.05, 4.69) is 40.8 Å². The zero-order valence-corrected chi connectivity index (χ0v) is 21.3. The average Bonchev–Trinajstić information content (AvgIpc) is 3.42. The number of imidazole rings is 1. The summed E-state index contributed by atoms with van der Waals surface area (Å²) in [5.74, 6) is 0. The number of hydrogen-bond acceptors (Lipinski definition) is 5. The summed E-state index contributed by atoms with van der Waals surface area (Å²) in [5, 5.41) is 48.3. The van der Waals surface area contributed by atoms with Crippen LogP contribution >= 0.6 is 0 Å². The average molecular weight is 519 g/mol. The molecule has 0 saturated carbocycles. The minimum atomic E-state index is -0.0811. The Morgan fingerprint density at radius 1 is 0.463 bits per heavy atom. The van der Waals surface area contributed by atoms with Crippen LogP contribution < -0.4 is 0 Å². The molecule has 8 rings (SSSR count). The lowest BCUT2D eigenvalue weighted by Gasteiger charge is -2.17. The zero-order valence-electron chi connectivity index (χ0n) is 21.3. The SMILES string of the molecule is N#Cc1c(C#N)c(C#N)c2cc3c(cc2c1C#N)c1c2ccccc2c2ccccc2c1c1nc2ccccc2n31. The molecule has 184 valence electrons. The van der Waals surface area contributed by atoms with Gasteiger partial charge >= 0.3 is 0 Å². The molecule has 6 aromatic carbocycles. The van der Waals surface area contributed by atoms with Crippen molar-refractivity contribution in [2.24, 2.45) is 0 Å². The van der Waals surface area contributed by atoms with E-state index >= 15 is 0 Å². The number of pyridine rings is 1. The van der Waals surface area contributed by atoms with E-state index in [9.17, 15) is 21.0 Å². The third kappa shape index (κ3) is 2.73. The van der Waals surface area contributed by atoms with Gasteiger partial charge in [0.2, 0.25) is 0 Å². The highest BCUT2D eigenvalue weighted by Crippen LogP contribution is 2.44. The summed E-state index contributed by atoms with van der Waals surface area (Å²) < 4.78 is 2.10. The van der Waals surface area contributed by atoms with E-state index < -0.39 is 0 Å². The standard InChI is InChI=1S/C35H14N6/c36-15-26-23-13-25-32(14-24(23)27(16-37)29(18-39)28(26)17-38)41-31-12-6-5-11-30(31)40-35(41)34-22-10-4-2-8-20(22)19-7-1-3-9-21(19)33(25)34/h1-14H. The maximum Gasteiger partial charge on any atom is 0.147 e. The fourth-order valence-electron chi connectivity index (χ4n) is 6.45. The Balaban J connectivity index is 1.81. The Hall–Kier alpha value is -6.47. The molecule has 0 aliphatic carbocycles. The first-order valence-corrected chi connectivity index (χ1v) is 12.9. The van der Waals surface area contributed by atoms with Crippen molar-refractivity contribution in [3.8, 4) is 24.3 Å². The second kappa shape index (κ2) is 8.02. The van der Waals surface area contributed by atoms with Crippen LogP contribution in [-0.4, -0.2) is 9.38 Å². The minimum Gasteiger partial charge on any atom is -0.292 e. The molecule has 6 heteroatoms. The molecule has 0 N–H and O–H groups in total. The van der Waals surface area contributed by atoms with Crippen LogP contribution in [0.4, 0.5) is 0 Å². The Morgan fingerprint density at radius 3 is 1.59 bits per heavy atom. The van der Waals surface area contributed by atoms with Gasteiger partial charge in [0.15, 0.2) is 0 Å². The number of fused-ring (bicyclic) bond motifs is 14. The molecule has 41 heavy (non-hydrogen) atoms.